The third-order valence-corrected chi connectivity index (χ3v) is 3.21. The number of carboxylic acid groups (broad SMARTS) is 1. The molecule has 0 bridgehead atoms. The Morgan fingerprint density at radius 1 is 1.47 bits per heavy atom. The predicted octanol–water partition coefficient (Wildman–Crippen LogP) is 2.55. The van der Waals surface area contributed by atoms with E-state index in [9.17, 15) is 9.90 Å². The van der Waals surface area contributed by atoms with Crippen molar-refractivity contribution in [3.8, 4) is 0 Å². The minimum atomic E-state index is -0.708. The summed E-state index contributed by atoms with van der Waals surface area (Å²) in [4.78, 5) is 13.4. The Morgan fingerprint density at radius 2 is 2.18 bits per heavy atom. The number of anilines is 1. The number of nitrogens with zero attached hydrogens (tertiary/aromatic N) is 1. The number of hydrogen-bond acceptors (Lipinski definition) is 2. The first kappa shape index (κ1) is 12.0. The van der Waals surface area contributed by atoms with E-state index in [0.29, 0.717) is 12.3 Å². The van der Waals surface area contributed by atoms with Crippen LogP contribution < -0.4 is 4.90 Å². The lowest BCUT2D eigenvalue weighted by molar-refractivity contribution is -0.138. The molecule has 2 rings (SSSR count). The van der Waals surface area contributed by atoms with E-state index in [2.05, 4.69) is 19.9 Å². The number of benzene rings is 1. The summed E-state index contributed by atoms with van der Waals surface area (Å²) in [5.41, 5.74) is 2.37. The molecule has 0 aliphatic carbocycles. The first-order valence-corrected chi connectivity index (χ1v) is 6.17. The van der Waals surface area contributed by atoms with Crippen molar-refractivity contribution in [3.05, 3.63) is 29.8 Å². The van der Waals surface area contributed by atoms with E-state index in [0.717, 1.165) is 18.7 Å². The van der Waals surface area contributed by atoms with Gasteiger partial charge in [0.25, 0.3) is 0 Å². The van der Waals surface area contributed by atoms with E-state index >= 15 is 0 Å². The van der Waals surface area contributed by atoms with Gasteiger partial charge in [0.2, 0.25) is 0 Å². The molecular weight excluding hydrogens is 214 g/mol. The topological polar surface area (TPSA) is 40.5 Å². The van der Waals surface area contributed by atoms with Gasteiger partial charge in [0, 0.05) is 12.2 Å². The average Bonchev–Trinajstić information content (AvgIpc) is 2.28. The van der Waals surface area contributed by atoms with Crippen LogP contribution in [-0.4, -0.2) is 23.7 Å². The van der Waals surface area contributed by atoms with E-state index in [1.165, 1.54) is 5.56 Å². The third-order valence-electron chi connectivity index (χ3n) is 3.21. The van der Waals surface area contributed by atoms with Crippen LogP contribution in [0.5, 0.6) is 0 Å². The largest absolute Gasteiger partial charge is 0.480 e. The fraction of sp³-hybridized carbons (Fsp3) is 0.500. The molecule has 0 saturated carbocycles. The standard InChI is InChI=1S/C14H19NO2/c1-10(2)9-15-12-6-4-3-5-11(12)7-8-13(15)14(16)17/h3-6,10,13H,7-9H2,1-2H3,(H,16,17). The molecule has 0 saturated heterocycles. The molecule has 0 radical (unpaired) electrons. The summed E-state index contributed by atoms with van der Waals surface area (Å²) in [6.45, 7) is 5.04. The van der Waals surface area contributed by atoms with Crippen LogP contribution in [0, 0.1) is 5.92 Å². The molecule has 0 fully saturated rings. The minimum Gasteiger partial charge on any atom is -0.480 e. The van der Waals surface area contributed by atoms with Gasteiger partial charge in [-0.3, -0.25) is 0 Å². The maximum Gasteiger partial charge on any atom is 0.326 e. The van der Waals surface area contributed by atoms with Crippen LogP contribution in [0.3, 0.4) is 0 Å². The third kappa shape index (κ3) is 2.43. The summed E-state index contributed by atoms with van der Waals surface area (Å²) in [5.74, 6) is -0.247. The van der Waals surface area contributed by atoms with E-state index in [4.69, 9.17) is 0 Å². The fourth-order valence-corrected chi connectivity index (χ4v) is 2.49. The van der Waals surface area contributed by atoms with Gasteiger partial charge in [-0.05, 0) is 30.4 Å². The second-order valence-electron chi connectivity index (χ2n) is 5.07. The van der Waals surface area contributed by atoms with Gasteiger partial charge in [-0.25, -0.2) is 4.79 Å². The number of rotatable bonds is 3. The zero-order chi connectivity index (χ0) is 12.4. The summed E-state index contributed by atoms with van der Waals surface area (Å²) in [5, 5.41) is 9.31. The summed E-state index contributed by atoms with van der Waals surface area (Å²) < 4.78 is 0. The maximum absolute atomic E-state index is 11.3. The lowest BCUT2D eigenvalue weighted by Crippen LogP contribution is -2.46. The van der Waals surface area contributed by atoms with Gasteiger partial charge in [0.1, 0.15) is 6.04 Å². The summed E-state index contributed by atoms with van der Waals surface area (Å²) in [7, 11) is 0. The van der Waals surface area contributed by atoms with Gasteiger partial charge in [0.15, 0.2) is 0 Å². The van der Waals surface area contributed by atoms with Crippen molar-refractivity contribution in [1.82, 2.24) is 0 Å². The number of aryl methyl sites for hydroxylation is 1. The van der Waals surface area contributed by atoms with Crippen LogP contribution in [-0.2, 0) is 11.2 Å². The first-order chi connectivity index (χ1) is 8.09. The van der Waals surface area contributed by atoms with Crippen molar-refractivity contribution < 1.29 is 9.90 Å². The predicted molar refractivity (Wildman–Crippen MR) is 68.4 cm³/mol. The second kappa shape index (κ2) is 4.78. The van der Waals surface area contributed by atoms with Crippen molar-refractivity contribution in [3.63, 3.8) is 0 Å². The molecule has 1 heterocycles. The van der Waals surface area contributed by atoms with Crippen molar-refractivity contribution >= 4 is 11.7 Å². The zero-order valence-corrected chi connectivity index (χ0v) is 10.4. The maximum atomic E-state index is 11.3. The SMILES string of the molecule is CC(C)CN1c2ccccc2CCC1C(=O)O. The molecule has 0 spiro atoms. The lowest BCUT2D eigenvalue weighted by Gasteiger charge is -2.37. The first-order valence-electron chi connectivity index (χ1n) is 6.17. The Morgan fingerprint density at radius 3 is 2.82 bits per heavy atom. The fourth-order valence-electron chi connectivity index (χ4n) is 2.49. The molecular formula is C14H19NO2. The Bertz CT molecular complexity index is 414. The average molecular weight is 233 g/mol. The van der Waals surface area contributed by atoms with Crippen LogP contribution in [0.25, 0.3) is 0 Å². The van der Waals surface area contributed by atoms with Crippen LogP contribution >= 0.6 is 0 Å². The lowest BCUT2D eigenvalue weighted by atomic mass is 9.94. The van der Waals surface area contributed by atoms with E-state index in [1.807, 2.05) is 23.1 Å². The molecule has 3 nitrogen and oxygen atoms in total. The summed E-state index contributed by atoms with van der Waals surface area (Å²) in [6.07, 6.45) is 1.57. The summed E-state index contributed by atoms with van der Waals surface area (Å²) >= 11 is 0. The van der Waals surface area contributed by atoms with Gasteiger partial charge in [0.05, 0.1) is 0 Å². The number of aliphatic carboxylic acids is 1. The smallest absolute Gasteiger partial charge is 0.326 e. The van der Waals surface area contributed by atoms with E-state index in [-0.39, 0.29) is 6.04 Å². The molecule has 1 aromatic rings. The van der Waals surface area contributed by atoms with Gasteiger partial charge in [-0.15, -0.1) is 0 Å². The number of fused-ring (bicyclic) bond motifs is 1. The Labute approximate surface area is 102 Å². The second-order valence-corrected chi connectivity index (χ2v) is 5.07. The number of para-hydroxylation sites is 1. The molecule has 1 N–H and O–H groups in total. The molecule has 1 aliphatic rings. The van der Waals surface area contributed by atoms with Crippen LogP contribution in [0.15, 0.2) is 24.3 Å². The minimum absolute atomic E-state index is 0.368. The molecule has 0 amide bonds. The van der Waals surface area contributed by atoms with Gasteiger partial charge in [-0.1, -0.05) is 32.0 Å². The number of hydrogen-bond donors (Lipinski definition) is 1. The molecule has 1 aliphatic heterocycles. The molecule has 1 atom stereocenters. The van der Waals surface area contributed by atoms with Crippen molar-refractivity contribution in [2.24, 2.45) is 5.92 Å². The monoisotopic (exact) mass is 233 g/mol. The Hall–Kier alpha value is -1.51. The number of carboxylic acids is 1. The Balaban J connectivity index is 2.35. The molecule has 1 aromatic carbocycles. The highest BCUT2D eigenvalue weighted by molar-refractivity contribution is 5.80. The van der Waals surface area contributed by atoms with E-state index < -0.39 is 5.97 Å². The number of carbonyl (C=O) groups is 1. The highest BCUT2D eigenvalue weighted by atomic mass is 16.4. The highest BCUT2D eigenvalue weighted by Crippen LogP contribution is 2.31. The van der Waals surface area contributed by atoms with Crippen molar-refractivity contribution in [2.75, 3.05) is 11.4 Å². The molecule has 0 aromatic heterocycles. The van der Waals surface area contributed by atoms with Crippen LogP contribution in [0.2, 0.25) is 0 Å². The molecule has 1 unspecified atom stereocenters. The van der Waals surface area contributed by atoms with Crippen LogP contribution in [0.1, 0.15) is 25.8 Å². The molecule has 3 heteroatoms. The quantitative estimate of drug-likeness (QED) is 0.872. The summed E-state index contributed by atoms with van der Waals surface area (Å²) in [6, 6.07) is 7.77. The van der Waals surface area contributed by atoms with Crippen molar-refractivity contribution in [2.45, 2.75) is 32.7 Å². The van der Waals surface area contributed by atoms with Gasteiger partial charge in [-0.2, -0.15) is 0 Å². The van der Waals surface area contributed by atoms with Crippen LogP contribution in [0.4, 0.5) is 5.69 Å². The van der Waals surface area contributed by atoms with Gasteiger partial charge >= 0.3 is 5.97 Å². The normalized spacial score (nSPS) is 19.2. The van der Waals surface area contributed by atoms with E-state index in [1.54, 1.807) is 0 Å². The molecule has 17 heavy (non-hydrogen) atoms. The zero-order valence-electron chi connectivity index (χ0n) is 10.4. The molecule has 92 valence electrons. The highest BCUT2D eigenvalue weighted by Gasteiger charge is 2.31. The van der Waals surface area contributed by atoms with Crippen molar-refractivity contribution in [1.29, 1.82) is 0 Å². The van der Waals surface area contributed by atoms with Gasteiger partial charge < -0.3 is 10.0 Å². The Kier molecular flexibility index (Phi) is 3.36.